The van der Waals surface area contributed by atoms with Gasteiger partial charge in [0.15, 0.2) is 23.0 Å². The fourth-order valence-corrected chi connectivity index (χ4v) is 6.46. The SMILES string of the molecule is COc1cc(/C=N/Nc2nccs2)c2c(c1OCc1cccc(Cl)c1)CN1CCc3cc4c(cc3C1C2)OCO4. The van der Waals surface area contributed by atoms with E-state index >= 15 is 0 Å². The molecular formula is C30H27ClN4O4S. The van der Waals surface area contributed by atoms with E-state index in [0.717, 1.165) is 65.0 Å². The fourth-order valence-electron chi connectivity index (χ4n) is 5.77. The molecule has 0 saturated carbocycles. The van der Waals surface area contributed by atoms with Crippen LogP contribution in [0.4, 0.5) is 5.13 Å². The molecule has 40 heavy (non-hydrogen) atoms. The Morgan fingerprint density at radius 1 is 1.20 bits per heavy atom. The number of aromatic nitrogens is 1. The van der Waals surface area contributed by atoms with E-state index in [1.165, 1.54) is 28.0 Å². The Labute approximate surface area is 241 Å². The zero-order valence-corrected chi connectivity index (χ0v) is 23.4. The van der Waals surface area contributed by atoms with E-state index in [1.807, 2.05) is 41.9 Å². The average Bonchev–Trinajstić information content (AvgIpc) is 3.66. The summed E-state index contributed by atoms with van der Waals surface area (Å²) in [5.74, 6) is 3.10. The minimum Gasteiger partial charge on any atom is -0.493 e. The number of nitrogens with zero attached hydrogens (tertiary/aromatic N) is 3. The second kappa shape index (κ2) is 10.6. The van der Waals surface area contributed by atoms with Gasteiger partial charge in [-0.2, -0.15) is 5.10 Å². The smallest absolute Gasteiger partial charge is 0.231 e. The molecule has 0 radical (unpaired) electrons. The normalized spacial score (nSPS) is 17.3. The second-order valence-electron chi connectivity index (χ2n) is 9.92. The van der Waals surface area contributed by atoms with Crippen molar-refractivity contribution in [3.8, 4) is 23.0 Å². The fraction of sp³-hybridized carbons (Fsp3) is 0.267. The summed E-state index contributed by atoms with van der Waals surface area (Å²) >= 11 is 7.73. The highest BCUT2D eigenvalue weighted by molar-refractivity contribution is 7.13. The van der Waals surface area contributed by atoms with Crippen LogP contribution in [0.3, 0.4) is 0 Å². The van der Waals surface area contributed by atoms with Crippen LogP contribution >= 0.6 is 22.9 Å². The predicted molar refractivity (Wildman–Crippen MR) is 155 cm³/mol. The van der Waals surface area contributed by atoms with Crippen LogP contribution in [0.25, 0.3) is 0 Å². The van der Waals surface area contributed by atoms with Crippen molar-refractivity contribution >= 4 is 34.3 Å². The number of halogens is 1. The summed E-state index contributed by atoms with van der Waals surface area (Å²) in [4.78, 5) is 6.78. The number of rotatable bonds is 7. The molecule has 0 amide bonds. The number of fused-ring (bicyclic) bond motifs is 5. The average molecular weight is 575 g/mol. The molecule has 1 N–H and O–H groups in total. The van der Waals surface area contributed by atoms with Gasteiger partial charge in [0, 0.05) is 46.9 Å². The van der Waals surface area contributed by atoms with Crippen LogP contribution in [0.15, 0.2) is 59.1 Å². The summed E-state index contributed by atoms with van der Waals surface area (Å²) in [6.45, 7) is 2.33. The Morgan fingerprint density at radius 2 is 2.10 bits per heavy atom. The van der Waals surface area contributed by atoms with Gasteiger partial charge in [0.25, 0.3) is 0 Å². The molecule has 1 atom stereocenters. The number of nitrogens with one attached hydrogen (secondary N) is 1. The minimum atomic E-state index is 0.207. The van der Waals surface area contributed by atoms with Crippen molar-refractivity contribution in [2.75, 3.05) is 25.9 Å². The zero-order valence-electron chi connectivity index (χ0n) is 21.9. The number of thiazole rings is 1. The van der Waals surface area contributed by atoms with Crippen molar-refractivity contribution in [3.05, 3.63) is 92.4 Å². The maximum Gasteiger partial charge on any atom is 0.231 e. The van der Waals surface area contributed by atoms with Gasteiger partial charge < -0.3 is 18.9 Å². The Hall–Kier alpha value is -3.79. The molecule has 204 valence electrons. The highest BCUT2D eigenvalue weighted by atomic mass is 35.5. The summed E-state index contributed by atoms with van der Waals surface area (Å²) < 4.78 is 23.7. The molecule has 0 bridgehead atoms. The van der Waals surface area contributed by atoms with E-state index in [0.29, 0.717) is 17.4 Å². The van der Waals surface area contributed by atoms with Gasteiger partial charge in [-0.15, -0.1) is 11.3 Å². The molecule has 1 aromatic heterocycles. The van der Waals surface area contributed by atoms with E-state index in [4.69, 9.17) is 30.5 Å². The van der Waals surface area contributed by atoms with Crippen LogP contribution in [0, 0.1) is 0 Å². The Bertz CT molecular complexity index is 1590. The summed E-state index contributed by atoms with van der Waals surface area (Å²) in [7, 11) is 1.67. The molecular weight excluding hydrogens is 548 g/mol. The molecule has 8 nitrogen and oxygen atoms in total. The lowest BCUT2D eigenvalue weighted by molar-refractivity contribution is 0.155. The molecule has 10 heteroatoms. The predicted octanol–water partition coefficient (Wildman–Crippen LogP) is 6.21. The van der Waals surface area contributed by atoms with Crippen molar-refractivity contribution in [1.29, 1.82) is 0 Å². The van der Waals surface area contributed by atoms with Crippen LogP contribution in [-0.2, 0) is 26.0 Å². The number of benzene rings is 3. The lowest BCUT2D eigenvalue weighted by atomic mass is 9.82. The third kappa shape index (κ3) is 4.74. The number of anilines is 1. The van der Waals surface area contributed by atoms with Gasteiger partial charge in [-0.3, -0.25) is 10.3 Å². The molecule has 0 fully saturated rings. The van der Waals surface area contributed by atoms with Crippen molar-refractivity contribution < 1.29 is 18.9 Å². The standard InChI is InChI=1S/C30H27ClN4O4S/c1-36-28-11-20(14-33-34-30-32-6-8-40-30)22-12-25-23-13-27-26(38-17-39-27)10-19(23)5-7-35(25)15-24(22)29(28)37-16-18-3-2-4-21(31)9-18/h2-4,6,8-11,13-14,25H,5,7,12,15-17H2,1H3,(H,32,34)/b33-14+. The first-order valence-corrected chi connectivity index (χ1v) is 14.4. The van der Waals surface area contributed by atoms with E-state index in [9.17, 15) is 0 Å². The van der Waals surface area contributed by atoms with Crippen LogP contribution in [-0.4, -0.2) is 36.5 Å². The van der Waals surface area contributed by atoms with Crippen LogP contribution < -0.4 is 24.4 Å². The third-order valence-electron chi connectivity index (χ3n) is 7.65. The molecule has 4 heterocycles. The first kappa shape index (κ1) is 25.2. The van der Waals surface area contributed by atoms with Gasteiger partial charge in [-0.05, 0) is 65.4 Å². The van der Waals surface area contributed by atoms with Crippen molar-refractivity contribution in [2.24, 2.45) is 5.10 Å². The number of hydrazone groups is 1. The van der Waals surface area contributed by atoms with E-state index in [-0.39, 0.29) is 12.8 Å². The summed E-state index contributed by atoms with van der Waals surface area (Å²) in [5, 5.41) is 7.84. The monoisotopic (exact) mass is 574 g/mol. The molecule has 3 aromatic carbocycles. The van der Waals surface area contributed by atoms with Gasteiger partial charge >= 0.3 is 0 Å². The second-order valence-corrected chi connectivity index (χ2v) is 11.3. The van der Waals surface area contributed by atoms with Gasteiger partial charge in [-0.25, -0.2) is 4.98 Å². The highest BCUT2D eigenvalue weighted by Crippen LogP contribution is 2.47. The topological polar surface area (TPSA) is 77.4 Å². The largest absolute Gasteiger partial charge is 0.493 e. The molecule has 0 saturated heterocycles. The van der Waals surface area contributed by atoms with Gasteiger partial charge in [0.1, 0.15) is 6.61 Å². The van der Waals surface area contributed by atoms with Crippen molar-refractivity contribution in [2.45, 2.75) is 32.0 Å². The minimum absolute atomic E-state index is 0.207. The molecule has 3 aliphatic heterocycles. The molecule has 4 aromatic rings. The molecule has 1 unspecified atom stereocenters. The maximum atomic E-state index is 6.48. The Kier molecular flexibility index (Phi) is 6.71. The quantitative estimate of drug-likeness (QED) is 0.207. The Balaban J connectivity index is 1.28. The first-order chi connectivity index (χ1) is 19.7. The zero-order chi connectivity index (χ0) is 27.1. The van der Waals surface area contributed by atoms with Gasteiger partial charge in [0.05, 0.1) is 13.3 Å². The van der Waals surface area contributed by atoms with Crippen LogP contribution in [0.1, 0.15) is 39.4 Å². The van der Waals surface area contributed by atoms with Crippen LogP contribution in [0.5, 0.6) is 23.0 Å². The van der Waals surface area contributed by atoms with E-state index in [1.54, 1.807) is 13.3 Å². The lowest BCUT2D eigenvalue weighted by Gasteiger charge is -2.42. The maximum absolute atomic E-state index is 6.48. The van der Waals surface area contributed by atoms with E-state index in [2.05, 4.69) is 32.5 Å². The third-order valence-corrected chi connectivity index (χ3v) is 8.56. The Morgan fingerprint density at radius 3 is 2.92 bits per heavy atom. The van der Waals surface area contributed by atoms with Crippen LogP contribution in [0.2, 0.25) is 5.02 Å². The van der Waals surface area contributed by atoms with E-state index < -0.39 is 0 Å². The number of hydrogen-bond donors (Lipinski definition) is 1. The molecule has 3 aliphatic rings. The first-order valence-electron chi connectivity index (χ1n) is 13.1. The summed E-state index contributed by atoms with van der Waals surface area (Å²) in [5.41, 5.74) is 9.95. The highest BCUT2D eigenvalue weighted by Gasteiger charge is 2.37. The van der Waals surface area contributed by atoms with Crippen molar-refractivity contribution in [3.63, 3.8) is 0 Å². The number of hydrogen-bond acceptors (Lipinski definition) is 9. The number of ether oxygens (including phenoxy) is 4. The molecule has 7 rings (SSSR count). The molecule has 0 aliphatic carbocycles. The van der Waals surface area contributed by atoms with Gasteiger partial charge in [-0.1, -0.05) is 23.7 Å². The summed E-state index contributed by atoms with van der Waals surface area (Å²) in [6.07, 6.45) is 5.35. The molecule has 0 spiro atoms. The van der Waals surface area contributed by atoms with Gasteiger partial charge in [0.2, 0.25) is 11.9 Å². The van der Waals surface area contributed by atoms with Crippen molar-refractivity contribution in [1.82, 2.24) is 9.88 Å². The summed E-state index contributed by atoms with van der Waals surface area (Å²) in [6, 6.07) is 14.3. The number of methoxy groups -OCH3 is 1. The lowest BCUT2D eigenvalue weighted by Crippen LogP contribution is -2.40.